The summed E-state index contributed by atoms with van der Waals surface area (Å²) in [5, 5.41) is 10.2. The van der Waals surface area contributed by atoms with Gasteiger partial charge < -0.3 is 5.11 Å². The van der Waals surface area contributed by atoms with E-state index in [4.69, 9.17) is 0 Å². The number of hydrogen-bond donors (Lipinski definition) is 1. The number of aliphatic hydroxyl groups is 1. The molecule has 0 saturated heterocycles. The molecule has 3 rings (SSSR count). The van der Waals surface area contributed by atoms with Crippen LogP contribution in [0.3, 0.4) is 0 Å². The highest BCUT2D eigenvalue weighted by Gasteiger charge is 2.56. The maximum Gasteiger partial charge on any atom is 0.0631 e. The molecule has 16 heavy (non-hydrogen) atoms. The van der Waals surface area contributed by atoms with Crippen molar-refractivity contribution in [2.24, 2.45) is 11.3 Å². The zero-order chi connectivity index (χ0) is 11.3. The van der Waals surface area contributed by atoms with E-state index < -0.39 is 0 Å². The van der Waals surface area contributed by atoms with Gasteiger partial charge in [-0.25, -0.2) is 0 Å². The van der Waals surface area contributed by atoms with Crippen molar-refractivity contribution in [2.75, 3.05) is 0 Å². The van der Waals surface area contributed by atoms with Crippen molar-refractivity contribution in [2.45, 2.75) is 45.1 Å². The van der Waals surface area contributed by atoms with Crippen LogP contribution in [-0.4, -0.2) is 11.2 Å². The lowest BCUT2D eigenvalue weighted by molar-refractivity contribution is -0.125. The van der Waals surface area contributed by atoms with E-state index in [0.29, 0.717) is 11.8 Å². The molecule has 3 atom stereocenters. The fraction of sp³-hybridized carbons (Fsp3) is 0.600. The molecule has 0 aromatic heterocycles. The summed E-state index contributed by atoms with van der Waals surface area (Å²) in [6, 6.07) is 8.81. The predicted octanol–water partition coefficient (Wildman–Crippen LogP) is 3.12. The van der Waals surface area contributed by atoms with Crippen molar-refractivity contribution in [3.8, 4) is 0 Å². The standard InChI is InChI=1S/C15H20O/c1-15(2)13-11-8-4-3-6-10(11)7-5-9-12(13)14(15)16/h3-4,6,8,12-14,16H,5,7,9H2,1-2H3. The summed E-state index contributed by atoms with van der Waals surface area (Å²) in [4.78, 5) is 0. The van der Waals surface area contributed by atoms with E-state index in [-0.39, 0.29) is 11.5 Å². The van der Waals surface area contributed by atoms with Crippen molar-refractivity contribution >= 4 is 0 Å². The molecule has 86 valence electrons. The van der Waals surface area contributed by atoms with Crippen LogP contribution < -0.4 is 0 Å². The van der Waals surface area contributed by atoms with Gasteiger partial charge in [-0.3, -0.25) is 0 Å². The molecular formula is C15H20O. The van der Waals surface area contributed by atoms with Gasteiger partial charge >= 0.3 is 0 Å². The summed E-state index contributed by atoms with van der Waals surface area (Å²) in [5.41, 5.74) is 3.07. The fourth-order valence-corrected chi connectivity index (χ4v) is 3.90. The molecule has 1 nitrogen and oxygen atoms in total. The van der Waals surface area contributed by atoms with Gasteiger partial charge in [-0.2, -0.15) is 0 Å². The van der Waals surface area contributed by atoms with Gasteiger partial charge in [0, 0.05) is 0 Å². The third kappa shape index (κ3) is 1.21. The van der Waals surface area contributed by atoms with Gasteiger partial charge in [-0.1, -0.05) is 38.1 Å². The van der Waals surface area contributed by atoms with E-state index in [1.54, 1.807) is 0 Å². The first kappa shape index (κ1) is 10.3. The first-order valence-corrected chi connectivity index (χ1v) is 6.38. The zero-order valence-corrected chi connectivity index (χ0v) is 10.1. The number of rotatable bonds is 0. The van der Waals surface area contributed by atoms with Crippen molar-refractivity contribution in [3.05, 3.63) is 35.4 Å². The Balaban J connectivity index is 2.07. The second-order valence-electron chi connectivity index (χ2n) is 6.00. The normalized spacial score (nSPS) is 35.6. The molecule has 2 aliphatic carbocycles. The van der Waals surface area contributed by atoms with E-state index in [9.17, 15) is 5.11 Å². The Morgan fingerprint density at radius 1 is 1.25 bits per heavy atom. The second kappa shape index (κ2) is 3.33. The molecule has 1 fully saturated rings. The third-order valence-corrected chi connectivity index (χ3v) is 4.77. The summed E-state index contributed by atoms with van der Waals surface area (Å²) >= 11 is 0. The first-order valence-electron chi connectivity index (χ1n) is 6.38. The molecule has 2 aliphatic rings. The van der Waals surface area contributed by atoms with Crippen LogP contribution in [0.4, 0.5) is 0 Å². The Hall–Kier alpha value is -0.820. The van der Waals surface area contributed by atoms with Gasteiger partial charge in [-0.15, -0.1) is 0 Å². The lowest BCUT2D eigenvalue weighted by atomic mass is 9.50. The highest BCUT2D eigenvalue weighted by Crippen LogP contribution is 2.59. The lowest BCUT2D eigenvalue weighted by Gasteiger charge is -2.56. The minimum atomic E-state index is -0.108. The van der Waals surface area contributed by atoms with Crippen LogP contribution in [0.2, 0.25) is 0 Å². The lowest BCUT2D eigenvalue weighted by Crippen LogP contribution is -2.55. The average Bonchev–Trinajstić information content (AvgIpc) is 2.46. The molecule has 3 unspecified atom stereocenters. The number of hydrogen-bond acceptors (Lipinski definition) is 1. The van der Waals surface area contributed by atoms with Crippen molar-refractivity contribution in [1.82, 2.24) is 0 Å². The van der Waals surface area contributed by atoms with Crippen LogP contribution in [0, 0.1) is 11.3 Å². The average molecular weight is 216 g/mol. The van der Waals surface area contributed by atoms with Crippen molar-refractivity contribution in [3.63, 3.8) is 0 Å². The third-order valence-electron chi connectivity index (χ3n) is 4.77. The molecule has 0 heterocycles. The predicted molar refractivity (Wildman–Crippen MR) is 65.4 cm³/mol. The minimum absolute atomic E-state index is 0.0606. The van der Waals surface area contributed by atoms with E-state index in [1.807, 2.05) is 0 Å². The Morgan fingerprint density at radius 2 is 2.00 bits per heavy atom. The van der Waals surface area contributed by atoms with Crippen LogP contribution in [-0.2, 0) is 6.42 Å². The summed E-state index contributed by atoms with van der Waals surface area (Å²) < 4.78 is 0. The topological polar surface area (TPSA) is 20.2 Å². The van der Waals surface area contributed by atoms with Gasteiger partial charge in [0.2, 0.25) is 0 Å². The quantitative estimate of drug-likeness (QED) is 0.706. The maximum absolute atomic E-state index is 10.2. The summed E-state index contributed by atoms with van der Waals surface area (Å²) in [7, 11) is 0. The second-order valence-corrected chi connectivity index (χ2v) is 6.00. The highest BCUT2D eigenvalue weighted by molar-refractivity contribution is 5.37. The Bertz CT molecular complexity index is 408. The van der Waals surface area contributed by atoms with E-state index >= 15 is 0 Å². The molecule has 1 aromatic rings. The number of benzene rings is 1. The fourth-order valence-electron chi connectivity index (χ4n) is 3.90. The Labute approximate surface area is 97.5 Å². The summed E-state index contributed by atoms with van der Waals surface area (Å²) in [5.74, 6) is 1.07. The van der Waals surface area contributed by atoms with Crippen LogP contribution in [0.1, 0.15) is 43.7 Å². The first-order chi connectivity index (χ1) is 7.62. The Kier molecular flexibility index (Phi) is 2.16. The molecule has 1 saturated carbocycles. The number of aliphatic hydroxyl groups excluding tert-OH is 1. The van der Waals surface area contributed by atoms with Gasteiger partial charge in [0.15, 0.2) is 0 Å². The van der Waals surface area contributed by atoms with Gasteiger partial charge in [0.1, 0.15) is 0 Å². The van der Waals surface area contributed by atoms with E-state index in [0.717, 1.165) is 0 Å². The molecule has 0 bridgehead atoms. The van der Waals surface area contributed by atoms with Crippen LogP contribution >= 0.6 is 0 Å². The van der Waals surface area contributed by atoms with Crippen molar-refractivity contribution in [1.29, 1.82) is 0 Å². The van der Waals surface area contributed by atoms with E-state index in [1.165, 1.54) is 30.4 Å². The summed E-state index contributed by atoms with van der Waals surface area (Å²) in [6.45, 7) is 4.42. The molecule has 1 aromatic carbocycles. The zero-order valence-electron chi connectivity index (χ0n) is 10.1. The highest BCUT2D eigenvalue weighted by atomic mass is 16.3. The molecule has 0 aliphatic heterocycles. The largest absolute Gasteiger partial charge is 0.392 e. The van der Waals surface area contributed by atoms with Gasteiger partial charge in [-0.05, 0) is 47.6 Å². The van der Waals surface area contributed by atoms with Crippen molar-refractivity contribution < 1.29 is 5.11 Å². The molecule has 1 heteroatoms. The molecular weight excluding hydrogens is 196 g/mol. The smallest absolute Gasteiger partial charge is 0.0631 e. The minimum Gasteiger partial charge on any atom is -0.392 e. The number of aryl methyl sites for hydroxylation is 1. The van der Waals surface area contributed by atoms with Crippen LogP contribution in [0.5, 0.6) is 0 Å². The summed E-state index contributed by atoms with van der Waals surface area (Å²) in [6.07, 6.45) is 3.49. The van der Waals surface area contributed by atoms with Gasteiger partial charge in [0.05, 0.1) is 6.10 Å². The van der Waals surface area contributed by atoms with Crippen LogP contribution in [0.25, 0.3) is 0 Å². The Morgan fingerprint density at radius 3 is 2.81 bits per heavy atom. The molecule has 0 amide bonds. The molecule has 0 radical (unpaired) electrons. The molecule has 0 spiro atoms. The van der Waals surface area contributed by atoms with Crippen LogP contribution in [0.15, 0.2) is 24.3 Å². The molecule has 1 N–H and O–H groups in total. The van der Waals surface area contributed by atoms with Gasteiger partial charge in [0.25, 0.3) is 0 Å². The monoisotopic (exact) mass is 216 g/mol. The SMILES string of the molecule is CC1(C)C(O)C2CCCc3ccccc3C21. The van der Waals surface area contributed by atoms with E-state index in [2.05, 4.69) is 38.1 Å². The maximum atomic E-state index is 10.2. The number of fused-ring (bicyclic) bond motifs is 3.